The molecule has 6 nitrogen and oxygen atoms in total. The number of halogens is 1. The van der Waals surface area contributed by atoms with Gasteiger partial charge in [0.05, 0.1) is 23.1 Å². The second-order valence-corrected chi connectivity index (χ2v) is 5.87. The number of aromatic nitrogens is 2. The number of nitrogens with one attached hydrogen (secondary N) is 1. The van der Waals surface area contributed by atoms with Crippen molar-refractivity contribution in [3.8, 4) is 17.0 Å². The number of amides is 1. The first-order valence-corrected chi connectivity index (χ1v) is 7.76. The van der Waals surface area contributed by atoms with Gasteiger partial charge in [-0.25, -0.2) is 9.97 Å². The lowest BCUT2D eigenvalue weighted by molar-refractivity contribution is 0.0998. The summed E-state index contributed by atoms with van der Waals surface area (Å²) in [5, 5.41) is 15.7. The van der Waals surface area contributed by atoms with Crippen LogP contribution in [0.25, 0.3) is 11.3 Å². The van der Waals surface area contributed by atoms with Crippen LogP contribution in [0.1, 0.15) is 10.4 Å². The second-order valence-electron chi connectivity index (χ2n) is 4.63. The Bertz CT molecular complexity index is 864. The maximum absolute atomic E-state index is 11.3. The topological polar surface area (TPSA) is 101 Å². The van der Waals surface area contributed by atoms with Crippen molar-refractivity contribution in [1.29, 1.82) is 0 Å². The summed E-state index contributed by atoms with van der Waals surface area (Å²) >= 11 is 7.14. The number of primary amides is 1. The van der Waals surface area contributed by atoms with E-state index in [-0.39, 0.29) is 11.3 Å². The minimum absolute atomic E-state index is 0.0620. The summed E-state index contributed by atoms with van der Waals surface area (Å²) in [6.45, 7) is 0. The van der Waals surface area contributed by atoms with E-state index in [1.165, 1.54) is 23.5 Å². The molecular weight excluding hydrogens is 336 g/mol. The van der Waals surface area contributed by atoms with E-state index < -0.39 is 5.91 Å². The molecule has 0 fully saturated rings. The molecule has 0 radical (unpaired) electrons. The Labute approximate surface area is 140 Å². The standard InChI is InChI=1S/C15H11ClN4O2S/c16-13-4-2-9(6-18-13)19-15-20-11(7-23-15)8-1-3-12(21)10(5-8)14(17)22/h1-7,21H,(H2,17,22)(H,19,20). The highest BCUT2D eigenvalue weighted by atomic mass is 35.5. The maximum Gasteiger partial charge on any atom is 0.252 e. The smallest absolute Gasteiger partial charge is 0.252 e. The van der Waals surface area contributed by atoms with Gasteiger partial charge in [-0.3, -0.25) is 4.79 Å². The number of nitrogens with two attached hydrogens (primary N) is 1. The van der Waals surface area contributed by atoms with Crippen molar-refractivity contribution in [3.05, 3.63) is 52.6 Å². The zero-order chi connectivity index (χ0) is 16.4. The van der Waals surface area contributed by atoms with Gasteiger partial charge in [-0.2, -0.15) is 0 Å². The molecule has 0 unspecified atom stereocenters. The van der Waals surface area contributed by atoms with Gasteiger partial charge in [-0.05, 0) is 30.3 Å². The molecule has 0 spiro atoms. The lowest BCUT2D eigenvalue weighted by Gasteiger charge is -2.03. The average Bonchev–Trinajstić information content (AvgIpc) is 2.98. The van der Waals surface area contributed by atoms with Crippen molar-refractivity contribution in [1.82, 2.24) is 9.97 Å². The molecular formula is C15H11ClN4O2S. The summed E-state index contributed by atoms with van der Waals surface area (Å²) in [5.74, 6) is -0.841. The summed E-state index contributed by atoms with van der Waals surface area (Å²) in [4.78, 5) is 19.7. The molecule has 23 heavy (non-hydrogen) atoms. The molecule has 1 aromatic carbocycles. The molecule has 116 valence electrons. The Balaban J connectivity index is 1.85. The minimum Gasteiger partial charge on any atom is -0.507 e. The van der Waals surface area contributed by atoms with Crippen LogP contribution < -0.4 is 11.1 Å². The van der Waals surface area contributed by atoms with Crippen LogP contribution in [0.4, 0.5) is 10.8 Å². The van der Waals surface area contributed by atoms with Crippen LogP contribution in [0.15, 0.2) is 41.9 Å². The summed E-state index contributed by atoms with van der Waals surface area (Å²) in [6.07, 6.45) is 1.61. The van der Waals surface area contributed by atoms with Gasteiger partial charge < -0.3 is 16.2 Å². The Morgan fingerprint density at radius 2 is 2.13 bits per heavy atom. The third-order valence-electron chi connectivity index (χ3n) is 3.04. The first-order chi connectivity index (χ1) is 11.0. The number of benzene rings is 1. The predicted octanol–water partition coefficient (Wildman–Crippen LogP) is 3.41. The highest BCUT2D eigenvalue weighted by molar-refractivity contribution is 7.14. The van der Waals surface area contributed by atoms with E-state index in [2.05, 4.69) is 15.3 Å². The highest BCUT2D eigenvalue weighted by Gasteiger charge is 2.11. The third-order valence-corrected chi connectivity index (χ3v) is 4.02. The van der Waals surface area contributed by atoms with Gasteiger partial charge in [0.15, 0.2) is 5.13 Å². The number of carbonyl (C=O) groups is 1. The molecule has 2 aromatic heterocycles. The monoisotopic (exact) mass is 346 g/mol. The van der Waals surface area contributed by atoms with Crippen LogP contribution >= 0.6 is 22.9 Å². The summed E-state index contributed by atoms with van der Waals surface area (Å²) in [6, 6.07) is 8.08. The number of thiazole rings is 1. The second kappa shape index (κ2) is 6.23. The van der Waals surface area contributed by atoms with Gasteiger partial charge >= 0.3 is 0 Å². The van der Waals surface area contributed by atoms with Crippen LogP contribution in [0, 0.1) is 0 Å². The number of carbonyl (C=O) groups excluding carboxylic acids is 1. The Hall–Kier alpha value is -2.64. The number of rotatable bonds is 4. The number of pyridine rings is 1. The molecule has 2 heterocycles. The van der Waals surface area contributed by atoms with Crippen molar-refractivity contribution < 1.29 is 9.90 Å². The Morgan fingerprint density at radius 1 is 1.30 bits per heavy atom. The van der Waals surface area contributed by atoms with E-state index >= 15 is 0 Å². The lowest BCUT2D eigenvalue weighted by atomic mass is 10.1. The SMILES string of the molecule is NC(=O)c1cc(-c2csc(Nc3ccc(Cl)nc3)n2)ccc1O. The fraction of sp³-hybridized carbons (Fsp3) is 0. The first kappa shape index (κ1) is 15.3. The van der Waals surface area contributed by atoms with E-state index in [0.717, 1.165) is 5.69 Å². The molecule has 0 aliphatic rings. The fourth-order valence-electron chi connectivity index (χ4n) is 1.93. The number of hydrogen-bond acceptors (Lipinski definition) is 6. The number of nitrogens with zero attached hydrogens (tertiary/aromatic N) is 2. The Kier molecular flexibility index (Phi) is 4.14. The van der Waals surface area contributed by atoms with Crippen LogP contribution in [0.5, 0.6) is 5.75 Å². The number of hydrogen-bond donors (Lipinski definition) is 3. The van der Waals surface area contributed by atoms with E-state index in [0.29, 0.717) is 21.5 Å². The zero-order valence-electron chi connectivity index (χ0n) is 11.7. The van der Waals surface area contributed by atoms with Crippen LogP contribution in [0.2, 0.25) is 5.15 Å². The Morgan fingerprint density at radius 3 is 2.83 bits per heavy atom. The molecule has 0 bridgehead atoms. The minimum atomic E-state index is -0.690. The van der Waals surface area contributed by atoms with Gasteiger partial charge in [0, 0.05) is 10.9 Å². The van der Waals surface area contributed by atoms with E-state index in [1.807, 2.05) is 5.38 Å². The molecule has 0 atom stereocenters. The van der Waals surface area contributed by atoms with E-state index in [1.54, 1.807) is 24.4 Å². The zero-order valence-corrected chi connectivity index (χ0v) is 13.2. The van der Waals surface area contributed by atoms with Gasteiger partial charge in [-0.1, -0.05) is 11.6 Å². The number of aromatic hydroxyl groups is 1. The molecule has 0 saturated carbocycles. The lowest BCUT2D eigenvalue weighted by Crippen LogP contribution is -2.11. The van der Waals surface area contributed by atoms with Crippen molar-refractivity contribution >= 4 is 39.7 Å². The van der Waals surface area contributed by atoms with E-state index in [4.69, 9.17) is 17.3 Å². The summed E-state index contributed by atoms with van der Waals surface area (Å²) < 4.78 is 0. The van der Waals surface area contributed by atoms with Crippen molar-refractivity contribution in [2.24, 2.45) is 5.73 Å². The summed E-state index contributed by atoms with van der Waals surface area (Å²) in [5.41, 5.74) is 7.42. The highest BCUT2D eigenvalue weighted by Crippen LogP contribution is 2.29. The molecule has 3 rings (SSSR count). The third kappa shape index (κ3) is 3.41. The van der Waals surface area contributed by atoms with Gasteiger partial charge in [0.1, 0.15) is 10.9 Å². The van der Waals surface area contributed by atoms with Crippen molar-refractivity contribution in [3.63, 3.8) is 0 Å². The molecule has 3 aromatic rings. The van der Waals surface area contributed by atoms with Gasteiger partial charge in [0.2, 0.25) is 0 Å². The van der Waals surface area contributed by atoms with Crippen LogP contribution in [-0.4, -0.2) is 21.0 Å². The normalized spacial score (nSPS) is 10.5. The first-order valence-electron chi connectivity index (χ1n) is 6.50. The van der Waals surface area contributed by atoms with Crippen molar-refractivity contribution in [2.45, 2.75) is 0 Å². The predicted molar refractivity (Wildman–Crippen MR) is 90.3 cm³/mol. The van der Waals surface area contributed by atoms with Gasteiger partial charge in [-0.15, -0.1) is 11.3 Å². The molecule has 1 amide bonds. The molecule has 0 aliphatic carbocycles. The molecule has 0 saturated heterocycles. The quantitative estimate of drug-likeness (QED) is 0.628. The van der Waals surface area contributed by atoms with Gasteiger partial charge in [0.25, 0.3) is 5.91 Å². The maximum atomic E-state index is 11.3. The van der Waals surface area contributed by atoms with Crippen LogP contribution in [0.3, 0.4) is 0 Å². The number of anilines is 2. The summed E-state index contributed by atoms with van der Waals surface area (Å²) in [7, 11) is 0. The average molecular weight is 347 g/mol. The van der Waals surface area contributed by atoms with Crippen molar-refractivity contribution in [2.75, 3.05) is 5.32 Å². The fourth-order valence-corrected chi connectivity index (χ4v) is 2.78. The number of phenols is 1. The van der Waals surface area contributed by atoms with E-state index in [9.17, 15) is 9.90 Å². The largest absolute Gasteiger partial charge is 0.507 e. The molecule has 0 aliphatic heterocycles. The van der Waals surface area contributed by atoms with Crippen LogP contribution in [-0.2, 0) is 0 Å². The molecule has 4 N–H and O–H groups in total. The molecule has 8 heteroatoms.